The van der Waals surface area contributed by atoms with Gasteiger partial charge in [-0.05, 0) is 18.1 Å². The van der Waals surface area contributed by atoms with Crippen LogP contribution in [-0.2, 0) is 6.54 Å². The summed E-state index contributed by atoms with van der Waals surface area (Å²) in [4.78, 5) is 21.4. The van der Waals surface area contributed by atoms with Gasteiger partial charge in [-0.1, -0.05) is 67.1 Å². The molecule has 0 radical (unpaired) electrons. The Kier molecular flexibility index (Phi) is 6.39. The standard InChI is InChI=1S/C21H21ClN4O/c1-2-12-23-21(27)18-13-19(24-14-16-10-6-7-11-17(16)22)26-20(25-18)15-8-4-3-5-9-15/h3-11,13H,2,12,14H2,1H3,(H,23,27)(H,24,25,26). The van der Waals surface area contributed by atoms with E-state index in [1.54, 1.807) is 6.07 Å². The number of anilines is 1. The SMILES string of the molecule is CCCNC(=O)c1cc(NCc2ccccc2Cl)nc(-c2ccccc2)n1. The van der Waals surface area contributed by atoms with Gasteiger partial charge in [0.25, 0.3) is 5.91 Å². The fourth-order valence-corrected chi connectivity index (χ4v) is 2.73. The van der Waals surface area contributed by atoms with Crippen molar-refractivity contribution in [2.24, 2.45) is 0 Å². The number of benzene rings is 2. The minimum absolute atomic E-state index is 0.211. The first-order valence-corrected chi connectivity index (χ1v) is 9.25. The highest BCUT2D eigenvalue weighted by atomic mass is 35.5. The van der Waals surface area contributed by atoms with Crippen molar-refractivity contribution in [1.82, 2.24) is 15.3 Å². The molecule has 1 aromatic heterocycles. The Labute approximate surface area is 163 Å². The van der Waals surface area contributed by atoms with E-state index in [4.69, 9.17) is 11.6 Å². The zero-order chi connectivity index (χ0) is 19.1. The van der Waals surface area contributed by atoms with E-state index in [0.29, 0.717) is 35.4 Å². The largest absolute Gasteiger partial charge is 0.366 e. The zero-order valence-electron chi connectivity index (χ0n) is 15.1. The Morgan fingerprint density at radius 3 is 2.52 bits per heavy atom. The molecule has 1 heterocycles. The number of nitrogens with one attached hydrogen (secondary N) is 2. The van der Waals surface area contributed by atoms with E-state index in [1.165, 1.54) is 0 Å². The smallest absolute Gasteiger partial charge is 0.270 e. The fraction of sp³-hybridized carbons (Fsp3) is 0.190. The lowest BCUT2D eigenvalue weighted by Gasteiger charge is -2.11. The molecule has 3 aromatic rings. The molecule has 0 aliphatic carbocycles. The van der Waals surface area contributed by atoms with Crippen LogP contribution in [0.4, 0.5) is 5.82 Å². The van der Waals surface area contributed by atoms with Crippen molar-refractivity contribution in [2.75, 3.05) is 11.9 Å². The molecule has 0 bridgehead atoms. The van der Waals surface area contributed by atoms with Gasteiger partial charge in [0.2, 0.25) is 0 Å². The van der Waals surface area contributed by atoms with Crippen molar-refractivity contribution in [2.45, 2.75) is 19.9 Å². The number of halogens is 1. The van der Waals surface area contributed by atoms with Crippen molar-refractivity contribution in [1.29, 1.82) is 0 Å². The molecule has 0 fully saturated rings. The summed E-state index contributed by atoms with van der Waals surface area (Å²) in [6.07, 6.45) is 0.861. The zero-order valence-corrected chi connectivity index (χ0v) is 15.8. The van der Waals surface area contributed by atoms with E-state index in [1.807, 2.05) is 61.5 Å². The molecular weight excluding hydrogens is 360 g/mol. The summed E-state index contributed by atoms with van der Waals surface area (Å²) in [7, 11) is 0. The van der Waals surface area contributed by atoms with Gasteiger partial charge in [-0.25, -0.2) is 9.97 Å². The Bertz CT molecular complexity index is 915. The second-order valence-electron chi connectivity index (χ2n) is 6.03. The lowest BCUT2D eigenvalue weighted by Crippen LogP contribution is -2.25. The predicted molar refractivity (Wildman–Crippen MR) is 109 cm³/mol. The summed E-state index contributed by atoms with van der Waals surface area (Å²) in [6.45, 7) is 3.11. The number of nitrogens with zero attached hydrogens (tertiary/aromatic N) is 2. The number of aromatic nitrogens is 2. The third kappa shape index (κ3) is 5.05. The van der Waals surface area contributed by atoms with Crippen LogP contribution in [0.1, 0.15) is 29.4 Å². The van der Waals surface area contributed by atoms with Crippen LogP contribution >= 0.6 is 11.6 Å². The van der Waals surface area contributed by atoms with Gasteiger partial charge in [0.15, 0.2) is 5.82 Å². The molecule has 2 N–H and O–H groups in total. The molecule has 0 spiro atoms. The number of amides is 1. The molecule has 1 amide bonds. The highest BCUT2D eigenvalue weighted by molar-refractivity contribution is 6.31. The van der Waals surface area contributed by atoms with Gasteiger partial charge in [-0.15, -0.1) is 0 Å². The summed E-state index contributed by atoms with van der Waals surface area (Å²) in [5.74, 6) is 0.865. The average molecular weight is 381 g/mol. The monoisotopic (exact) mass is 380 g/mol. The third-order valence-electron chi connectivity index (χ3n) is 3.94. The van der Waals surface area contributed by atoms with Crippen molar-refractivity contribution in [3.05, 3.63) is 76.9 Å². The fourth-order valence-electron chi connectivity index (χ4n) is 2.53. The van der Waals surface area contributed by atoms with Gasteiger partial charge >= 0.3 is 0 Å². The van der Waals surface area contributed by atoms with Crippen molar-refractivity contribution in [3.63, 3.8) is 0 Å². The Morgan fingerprint density at radius 2 is 1.78 bits per heavy atom. The molecule has 0 aliphatic rings. The maximum Gasteiger partial charge on any atom is 0.270 e. The highest BCUT2D eigenvalue weighted by Crippen LogP contribution is 2.20. The second-order valence-corrected chi connectivity index (χ2v) is 6.44. The van der Waals surface area contributed by atoms with Crippen LogP contribution in [0.2, 0.25) is 5.02 Å². The van der Waals surface area contributed by atoms with Gasteiger partial charge in [0.05, 0.1) is 0 Å². The summed E-state index contributed by atoms with van der Waals surface area (Å²) in [5.41, 5.74) is 2.14. The average Bonchev–Trinajstić information content (AvgIpc) is 2.72. The molecule has 138 valence electrons. The first kappa shape index (κ1) is 18.9. The van der Waals surface area contributed by atoms with Crippen molar-refractivity contribution < 1.29 is 4.79 Å². The van der Waals surface area contributed by atoms with Gasteiger partial charge in [-0.2, -0.15) is 0 Å². The summed E-state index contributed by atoms with van der Waals surface area (Å²) in [6, 6.07) is 18.9. The molecule has 0 unspecified atom stereocenters. The van der Waals surface area contributed by atoms with Gasteiger partial charge < -0.3 is 10.6 Å². The molecule has 0 saturated carbocycles. The maximum absolute atomic E-state index is 12.4. The van der Waals surface area contributed by atoms with Crippen LogP contribution < -0.4 is 10.6 Å². The molecule has 0 atom stereocenters. The summed E-state index contributed by atoms with van der Waals surface area (Å²) in [5, 5.41) is 6.79. The summed E-state index contributed by atoms with van der Waals surface area (Å²) < 4.78 is 0. The lowest BCUT2D eigenvalue weighted by atomic mass is 10.2. The molecule has 3 rings (SSSR count). The third-order valence-corrected chi connectivity index (χ3v) is 4.31. The Morgan fingerprint density at radius 1 is 1.04 bits per heavy atom. The normalized spacial score (nSPS) is 10.4. The van der Waals surface area contributed by atoms with Crippen LogP contribution in [0.3, 0.4) is 0 Å². The topological polar surface area (TPSA) is 66.9 Å². The van der Waals surface area contributed by atoms with Crippen LogP contribution in [-0.4, -0.2) is 22.4 Å². The minimum atomic E-state index is -0.211. The maximum atomic E-state index is 12.4. The number of hydrogen-bond donors (Lipinski definition) is 2. The Hall–Kier alpha value is -2.92. The molecule has 0 saturated heterocycles. The van der Waals surface area contributed by atoms with E-state index >= 15 is 0 Å². The van der Waals surface area contributed by atoms with E-state index in [2.05, 4.69) is 20.6 Å². The molecule has 2 aromatic carbocycles. The molecule has 0 aliphatic heterocycles. The summed E-state index contributed by atoms with van der Waals surface area (Å²) >= 11 is 6.22. The number of rotatable bonds is 7. The lowest BCUT2D eigenvalue weighted by molar-refractivity contribution is 0.0948. The predicted octanol–water partition coefficient (Wildman–Crippen LogP) is 4.55. The molecule has 6 heteroatoms. The van der Waals surface area contributed by atoms with E-state index in [0.717, 1.165) is 17.5 Å². The second kappa shape index (κ2) is 9.14. The molecule has 27 heavy (non-hydrogen) atoms. The van der Waals surface area contributed by atoms with Gasteiger partial charge in [0, 0.05) is 29.7 Å². The van der Waals surface area contributed by atoms with Crippen LogP contribution in [0.25, 0.3) is 11.4 Å². The minimum Gasteiger partial charge on any atom is -0.366 e. The van der Waals surface area contributed by atoms with Crippen molar-refractivity contribution >= 4 is 23.3 Å². The van der Waals surface area contributed by atoms with Crippen LogP contribution in [0, 0.1) is 0 Å². The first-order chi connectivity index (χ1) is 13.2. The molecular formula is C21H21ClN4O. The number of carbonyl (C=O) groups excluding carboxylic acids is 1. The first-order valence-electron chi connectivity index (χ1n) is 8.87. The van der Waals surface area contributed by atoms with E-state index < -0.39 is 0 Å². The number of hydrogen-bond acceptors (Lipinski definition) is 4. The van der Waals surface area contributed by atoms with E-state index in [-0.39, 0.29) is 5.91 Å². The van der Waals surface area contributed by atoms with E-state index in [9.17, 15) is 4.79 Å². The Balaban J connectivity index is 1.89. The van der Waals surface area contributed by atoms with Gasteiger partial charge in [-0.3, -0.25) is 4.79 Å². The highest BCUT2D eigenvalue weighted by Gasteiger charge is 2.13. The van der Waals surface area contributed by atoms with Gasteiger partial charge in [0.1, 0.15) is 11.5 Å². The quantitative estimate of drug-likeness (QED) is 0.631. The number of carbonyl (C=O) groups is 1. The van der Waals surface area contributed by atoms with Crippen LogP contribution in [0.5, 0.6) is 0 Å². The molecule has 5 nitrogen and oxygen atoms in total. The van der Waals surface area contributed by atoms with Crippen molar-refractivity contribution in [3.8, 4) is 11.4 Å². The van der Waals surface area contributed by atoms with Crippen LogP contribution in [0.15, 0.2) is 60.7 Å².